The van der Waals surface area contributed by atoms with E-state index >= 15 is 0 Å². The van der Waals surface area contributed by atoms with Crippen LogP contribution in [0.2, 0.25) is 0 Å². The predicted octanol–water partition coefficient (Wildman–Crippen LogP) is 4.50. The summed E-state index contributed by atoms with van der Waals surface area (Å²) in [5.74, 6) is 1.84. The summed E-state index contributed by atoms with van der Waals surface area (Å²) in [5, 5.41) is 4.43. The molecule has 11 rings (SSSR count). The monoisotopic (exact) mass is 776 g/mol. The number of aromatic nitrogens is 4. The van der Waals surface area contributed by atoms with Crippen LogP contribution in [-0.4, -0.2) is 58.8 Å². The average Bonchev–Trinajstić information content (AvgIpc) is 3.86. The number of benzene rings is 8. The van der Waals surface area contributed by atoms with Gasteiger partial charge >= 0.3 is 0 Å². The number of hydrogen-bond donors (Lipinski definition) is 0. The van der Waals surface area contributed by atoms with Gasteiger partial charge < -0.3 is 8.98 Å². The lowest BCUT2D eigenvalue weighted by Crippen LogP contribution is -2.55. The van der Waals surface area contributed by atoms with Crippen molar-refractivity contribution in [1.29, 1.82) is 0 Å². The number of fused-ring (bicyclic) bond motifs is 6. The summed E-state index contributed by atoms with van der Waals surface area (Å²) in [6, 6.07) is 57.4. The first-order valence-electron chi connectivity index (χ1n) is 20.9. The van der Waals surface area contributed by atoms with Crippen LogP contribution in [0.5, 0.6) is 0 Å². The Labute approximate surface area is 358 Å². The highest BCUT2D eigenvalue weighted by Crippen LogP contribution is 2.40. The van der Waals surface area contributed by atoms with Gasteiger partial charge in [0.2, 0.25) is 0 Å². The van der Waals surface area contributed by atoms with Crippen LogP contribution in [0.1, 0.15) is 0 Å². The summed E-state index contributed by atoms with van der Waals surface area (Å²) >= 11 is 0. The Hall–Kier alpha value is -7.31. The minimum absolute atomic E-state index is 0.598. The Bertz CT molecular complexity index is 3520. The first-order valence-corrected chi connectivity index (χ1v) is 20.9. The topological polar surface area (TPSA) is 56.7 Å². The van der Waals surface area contributed by atoms with E-state index in [1.54, 1.807) is 0 Å². The summed E-state index contributed by atoms with van der Waals surface area (Å²) < 4.78 is 9.01. The second-order valence-corrected chi connectivity index (χ2v) is 16.2. The third-order valence-electron chi connectivity index (χ3n) is 12.8. The van der Waals surface area contributed by atoms with E-state index in [2.05, 4.69) is 177 Å². The highest BCUT2D eigenvalue weighted by molar-refractivity contribution is 6.68. The summed E-state index contributed by atoms with van der Waals surface area (Å²) in [4.78, 5) is 15.5. The Morgan fingerprint density at radius 3 is 1.75 bits per heavy atom. The molecule has 0 N–H and O–H groups in total. The van der Waals surface area contributed by atoms with E-state index in [-0.39, 0.29) is 0 Å². The molecule has 61 heavy (non-hydrogen) atoms. The second-order valence-electron chi connectivity index (χ2n) is 16.2. The average molecular weight is 776 g/mol. The van der Waals surface area contributed by atoms with Crippen molar-refractivity contribution in [2.45, 2.75) is 0 Å². The molecule has 0 bridgehead atoms. The van der Waals surface area contributed by atoms with Gasteiger partial charge in [-0.25, -0.2) is 15.0 Å². The maximum atomic E-state index is 6.67. The van der Waals surface area contributed by atoms with Crippen LogP contribution in [-0.2, 0) is 0 Å². The molecule has 0 aliphatic carbocycles. The van der Waals surface area contributed by atoms with E-state index in [1.165, 1.54) is 54.7 Å². The van der Waals surface area contributed by atoms with Gasteiger partial charge in [0.1, 0.15) is 50.4 Å². The summed E-state index contributed by atoms with van der Waals surface area (Å²) in [6.07, 6.45) is 0. The zero-order chi connectivity index (χ0) is 41.4. The second kappa shape index (κ2) is 14.5. The molecule has 10 heteroatoms. The quantitative estimate of drug-likeness (QED) is 0.234. The van der Waals surface area contributed by atoms with Gasteiger partial charge in [0.05, 0.1) is 11.0 Å². The van der Waals surface area contributed by atoms with Crippen LogP contribution < -0.4 is 27.3 Å². The molecule has 0 radical (unpaired) electrons. The molecule has 11 aromatic rings. The molecule has 3 aromatic heterocycles. The Morgan fingerprint density at radius 2 is 0.967 bits per heavy atom. The van der Waals surface area contributed by atoms with Crippen molar-refractivity contribution in [3.8, 4) is 62.1 Å². The molecule has 0 aliphatic heterocycles. The maximum absolute atomic E-state index is 6.67. The van der Waals surface area contributed by atoms with Crippen molar-refractivity contribution in [3.63, 3.8) is 0 Å². The molecule has 0 saturated carbocycles. The number of nitrogens with zero attached hydrogens (tertiary/aromatic N) is 4. The minimum atomic E-state index is 0.598. The largest absolute Gasteiger partial charge is 0.456 e. The molecule has 0 spiro atoms. The molecule has 0 saturated heterocycles. The Morgan fingerprint density at radius 1 is 0.377 bits per heavy atom. The Kier molecular flexibility index (Phi) is 8.71. The van der Waals surface area contributed by atoms with Gasteiger partial charge in [0.25, 0.3) is 0 Å². The lowest BCUT2D eigenvalue weighted by molar-refractivity contribution is 0.669. The summed E-state index contributed by atoms with van der Waals surface area (Å²) in [5.41, 5.74) is 19.1. The van der Waals surface area contributed by atoms with E-state index < -0.39 is 0 Å². The molecule has 0 fully saturated rings. The molecule has 0 unspecified atom stereocenters. The van der Waals surface area contributed by atoms with Crippen molar-refractivity contribution in [2.24, 2.45) is 0 Å². The van der Waals surface area contributed by atoms with E-state index in [9.17, 15) is 0 Å². The van der Waals surface area contributed by atoms with Crippen LogP contribution in [0.3, 0.4) is 0 Å². The fourth-order valence-electron chi connectivity index (χ4n) is 9.29. The van der Waals surface area contributed by atoms with Gasteiger partial charge in [-0.05, 0) is 76.9 Å². The van der Waals surface area contributed by atoms with Crippen LogP contribution in [0, 0.1) is 0 Å². The van der Waals surface area contributed by atoms with Crippen LogP contribution in [0.25, 0.3) is 106 Å². The van der Waals surface area contributed by atoms with Crippen molar-refractivity contribution in [2.75, 3.05) is 0 Å². The fraction of sp³-hybridized carbons (Fsp3) is 0. The highest BCUT2D eigenvalue weighted by Gasteiger charge is 2.20. The third-order valence-corrected chi connectivity index (χ3v) is 12.8. The maximum Gasteiger partial charge on any atom is 0.164 e. The normalized spacial score (nSPS) is 11.6. The SMILES string of the molecule is Bc1c(B)c(B)c(-c2cccc(-c3nc(-c4ccccc4)nc(-c4cccc5oc6cc(-c7ccc8c(c7)c7ccccc7n8-c7ccccc7)ccc6c45)n3)c2)c(B)c1B. The number of rotatable bonds is 6. The van der Waals surface area contributed by atoms with Crippen LogP contribution >= 0.6 is 0 Å². The zero-order valence-electron chi connectivity index (χ0n) is 34.8. The van der Waals surface area contributed by atoms with Gasteiger partial charge in [-0.1, -0.05) is 120 Å². The van der Waals surface area contributed by atoms with Crippen LogP contribution in [0.15, 0.2) is 168 Å². The van der Waals surface area contributed by atoms with Gasteiger partial charge in [0, 0.05) is 43.9 Å². The smallest absolute Gasteiger partial charge is 0.164 e. The lowest BCUT2D eigenvalue weighted by Gasteiger charge is -2.20. The number of para-hydroxylation sites is 2. The van der Waals surface area contributed by atoms with Gasteiger partial charge in [0.15, 0.2) is 17.5 Å². The lowest BCUT2D eigenvalue weighted by atomic mass is 9.59. The van der Waals surface area contributed by atoms with E-state index in [0.717, 1.165) is 61.0 Å². The van der Waals surface area contributed by atoms with E-state index in [4.69, 9.17) is 19.4 Å². The van der Waals surface area contributed by atoms with Gasteiger partial charge in [-0.2, -0.15) is 0 Å². The molecule has 5 nitrogen and oxygen atoms in total. The molecule has 0 aliphatic rings. The fourth-order valence-corrected chi connectivity index (χ4v) is 9.29. The Balaban J connectivity index is 1.05. The summed E-state index contributed by atoms with van der Waals surface area (Å²) in [6.45, 7) is 0. The third kappa shape index (κ3) is 6.04. The molecule has 282 valence electrons. The molecular weight excluding hydrogens is 739 g/mol. The zero-order valence-corrected chi connectivity index (χ0v) is 34.8. The first-order chi connectivity index (χ1) is 29.8. The molecule has 3 heterocycles. The first kappa shape index (κ1) is 36.8. The number of hydrogen-bond acceptors (Lipinski definition) is 4. The minimum Gasteiger partial charge on any atom is -0.456 e. The summed E-state index contributed by atoms with van der Waals surface area (Å²) in [7, 11) is 11.1. The van der Waals surface area contributed by atoms with Crippen molar-refractivity contribution in [3.05, 3.63) is 164 Å². The van der Waals surface area contributed by atoms with E-state index in [0.29, 0.717) is 17.5 Å². The van der Waals surface area contributed by atoms with Crippen molar-refractivity contribution < 1.29 is 4.42 Å². The standard InChI is InChI=1S/C51H37B5N4O/c52-44-42(45(53)47(55)48(56)46(44)54)31-13-9-14-32(25-31)50-57-49(28-11-3-1-4-12-28)58-51(59-50)36-18-10-20-40-43(36)35-23-21-30(27-41(35)61-40)29-22-24-39-37(26-29)34-17-7-8-19-38(34)60(39)33-15-5-2-6-16-33/h1-27H,52-56H2. The molecule has 8 aromatic carbocycles. The van der Waals surface area contributed by atoms with Gasteiger partial charge in [-0.15, -0.1) is 16.4 Å². The van der Waals surface area contributed by atoms with Gasteiger partial charge in [-0.3, -0.25) is 0 Å². The highest BCUT2D eigenvalue weighted by atomic mass is 16.3. The number of furan rings is 1. The predicted molar refractivity (Wildman–Crippen MR) is 270 cm³/mol. The molecule has 0 atom stereocenters. The van der Waals surface area contributed by atoms with E-state index in [1.807, 2.05) is 30.3 Å². The molecule has 0 amide bonds. The van der Waals surface area contributed by atoms with Crippen molar-refractivity contribution >= 4 is 110 Å². The van der Waals surface area contributed by atoms with Crippen molar-refractivity contribution in [1.82, 2.24) is 19.5 Å². The molecular formula is C51H37B5N4O. The van der Waals surface area contributed by atoms with Crippen LogP contribution in [0.4, 0.5) is 0 Å².